The average Bonchev–Trinajstić information content (AvgIpc) is 3.57. The minimum absolute atomic E-state index is 0.223. The molecule has 8 nitrogen and oxygen atoms in total. The fourth-order valence-electron chi connectivity index (χ4n) is 4.58. The number of nitrogens with one attached hydrogen (secondary N) is 2. The standard InChI is InChI=1S/C24H37N7O/c1-3-29-12-14-31(15-13-29)23-17-20(8-9-26-23)18-27-24(25-2)28-19-21(22-7-6-16-32-22)30-10-4-5-11-30/h6-9,16-17,21H,3-5,10-15,18-19H2,1-2H3,(H2,25,27,28). The highest BCUT2D eigenvalue weighted by Crippen LogP contribution is 2.24. The summed E-state index contributed by atoms with van der Waals surface area (Å²) in [4.78, 5) is 16.4. The van der Waals surface area contributed by atoms with E-state index in [0.29, 0.717) is 6.54 Å². The fourth-order valence-corrected chi connectivity index (χ4v) is 4.58. The average molecular weight is 440 g/mol. The molecule has 2 aromatic rings. The van der Waals surface area contributed by atoms with Gasteiger partial charge in [0.25, 0.3) is 0 Å². The van der Waals surface area contributed by atoms with Crippen molar-refractivity contribution in [3.05, 3.63) is 48.0 Å². The van der Waals surface area contributed by atoms with Gasteiger partial charge in [0.2, 0.25) is 0 Å². The van der Waals surface area contributed by atoms with Gasteiger partial charge in [-0.1, -0.05) is 6.92 Å². The van der Waals surface area contributed by atoms with Crippen LogP contribution in [-0.2, 0) is 6.54 Å². The first kappa shape index (κ1) is 22.6. The molecule has 2 fully saturated rings. The van der Waals surface area contributed by atoms with Crippen LogP contribution in [0.25, 0.3) is 0 Å². The Hall–Kier alpha value is -2.58. The highest BCUT2D eigenvalue weighted by atomic mass is 16.3. The molecule has 4 rings (SSSR count). The molecule has 0 saturated carbocycles. The molecule has 2 N–H and O–H groups in total. The van der Waals surface area contributed by atoms with Crippen LogP contribution in [0.15, 0.2) is 46.1 Å². The lowest BCUT2D eigenvalue weighted by Crippen LogP contribution is -2.46. The molecule has 2 aromatic heterocycles. The summed E-state index contributed by atoms with van der Waals surface area (Å²) in [5.41, 5.74) is 1.21. The van der Waals surface area contributed by atoms with Crippen LogP contribution in [0.1, 0.15) is 37.1 Å². The van der Waals surface area contributed by atoms with E-state index in [1.807, 2.05) is 19.3 Å². The summed E-state index contributed by atoms with van der Waals surface area (Å²) in [5, 5.41) is 6.96. The van der Waals surface area contributed by atoms with Crippen molar-refractivity contribution in [3.63, 3.8) is 0 Å². The number of rotatable bonds is 8. The largest absolute Gasteiger partial charge is 0.468 e. The molecule has 32 heavy (non-hydrogen) atoms. The van der Waals surface area contributed by atoms with Crippen LogP contribution >= 0.6 is 0 Å². The summed E-state index contributed by atoms with van der Waals surface area (Å²) in [6.07, 6.45) is 6.17. The predicted octanol–water partition coefficient (Wildman–Crippen LogP) is 2.32. The van der Waals surface area contributed by atoms with E-state index in [4.69, 9.17) is 4.42 Å². The van der Waals surface area contributed by atoms with Crippen LogP contribution in [0.4, 0.5) is 5.82 Å². The van der Waals surface area contributed by atoms with Crippen molar-refractivity contribution in [3.8, 4) is 0 Å². The number of furan rings is 1. The van der Waals surface area contributed by atoms with Gasteiger partial charge in [0.1, 0.15) is 11.6 Å². The second-order valence-electron chi connectivity index (χ2n) is 8.52. The Morgan fingerprint density at radius 2 is 1.94 bits per heavy atom. The van der Waals surface area contributed by atoms with E-state index in [1.54, 1.807) is 6.26 Å². The smallest absolute Gasteiger partial charge is 0.191 e. The molecule has 0 spiro atoms. The number of aromatic nitrogens is 1. The van der Waals surface area contributed by atoms with Crippen molar-refractivity contribution < 1.29 is 4.42 Å². The van der Waals surface area contributed by atoms with Crippen molar-refractivity contribution in [2.75, 3.05) is 64.3 Å². The minimum Gasteiger partial charge on any atom is -0.468 e. The lowest BCUT2D eigenvalue weighted by Gasteiger charge is -2.34. The highest BCUT2D eigenvalue weighted by molar-refractivity contribution is 5.79. The summed E-state index contributed by atoms with van der Waals surface area (Å²) < 4.78 is 5.73. The molecule has 2 aliphatic rings. The van der Waals surface area contributed by atoms with E-state index in [2.05, 4.69) is 60.4 Å². The van der Waals surface area contributed by atoms with Crippen LogP contribution < -0.4 is 15.5 Å². The fraction of sp³-hybridized carbons (Fsp3) is 0.583. The van der Waals surface area contributed by atoms with Gasteiger partial charge in [-0.2, -0.15) is 0 Å². The lowest BCUT2D eigenvalue weighted by molar-refractivity contribution is 0.215. The van der Waals surface area contributed by atoms with Crippen LogP contribution in [0, 0.1) is 0 Å². The summed E-state index contributed by atoms with van der Waals surface area (Å²) in [6, 6.07) is 8.52. The van der Waals surface area contributed by atoms with Crippen molar-refractivity contribution in [1.29, 1.82) is 0 Å². The van der Waals surface area contributed by atoms with Gasteiger partial charge >= 0.3 is 0 Å². The minimum atomic E-state index is 0.223. The van der Waals surface area contributed by atoms with E-state index in [9.17, 15) is 0 Å². The molecular weight excluding hydrogens is 402 g/mol. The highest BCUT2D eigenvalue weighted by Gasteiger charge is 2.25. The van der Waals surface area contributed by atoms with Crippen LogP contribution in [0.2, 0.25) is 0 Å². The number of aliphatic imine (C=N–C) groups is 1. The van der Waals surface area contributed by atoms with E-state index in [-0.39, 0.29) is 6.04 Å². The maximum Gasteiger partial charge on any atom is 0.191 e. The molecule has 4 heterocycles. The number of nitrogens with zero attached hydrogens (tertiary/aromatic N) is 5. The Labute approximate surface area is 191 Å². The molecule has 1 unspecified atom stereocenters. The normalized spacial score (nSPS) is 19.3. The molecule has 174 valence electrons. The SMILES string of the molecule is CCN1CCN(c2cc(CNC(=NC)NCC(c3ccco3)N3CCCC3)ccn2)CC1. The summed E-state index contributed by atoms with van der Waals surface area (Å²) in [7, 11) is 1.82. The van der Waals surface area contributed by atoms with Gasteiger partial charge in [-0.15, -0.1) is 0 Å². The Kier molecular flexibility index (Phi) is 8.01. The third-order valence-corrected chi connectivity index (χ3v) is 6.55. The molecule has 0 aromatic carbocycles. The number of hydrogen-bond donors (Lipinski definition) is 2. The monoisotopic (exact) mass is 439 g/mol. The summed E-state index contributed by atoms with van der Waals surface area (Å²) in [6.45, 7) is 11.3. The Bertz CT molecular complexity index is 840. The number of piperazine rings is 1. The van der Waals surface area contributed by atoms with Gasteiger partial charge in [0.05, 0.1) is 12.3 Å². The zero-order valence-corrected chi connectivity index (χ0v) is 19.5. The second kappa shape index (κ2) is 11.3. The van der Waals surface area contributed by atoms with Crippen molar-refractivity contribution >= 4 is 11.8 Å². The zero-order valence-electron chi connectivity index (χ0n) is 19.5. The molecule has 2 aliphatic heterocycles. The van der Waals surface area contributed by atoms with Crippen LogP contribution in [0.5, 0.6) is 0 Å². The maximum atomic E-state index is 5.73. The van der Waals surface area contributed by atoms with E-state index < -0.39 is 0 Å². The molecule has 2 saturated heterocycles. The number of likely N-dealkylation sites (N-methyl/N-ethyl adjacent to an activating group) is 1. The van der Waals surface area contributed by atoms with E-state index in [0.717, 1.165) is 69.9 Å². The van der Waals surface area contributed by atoms with Crippen molar-refractivity contribution in [2.24, 2.45) is 4.99 Å². The van der Waals surface area contributed by atoms with Gasteiger partial charge in [0, 0.05) is 52.5 Å². The van der Waals surface area contributed by atoms with Gasteiger partial charge < -0.3 is 24.9 Å². The molecule has 8 heteroatoms. The Balaban J connectivity index is 1.30. The number of pyridine rings is 1. The maximum absolute atomic E-state index is 5.73. The van der Waals surface area contributed by atoms with Crippen molar-refractivity contribution in [2.45, 2.75) is 32.4 Å². The molecular formula is C24H37N7O. The van der Waals surface area contributed by atoms with E-state index in [1.165, 1.54) is 18.4 Å². The first-order valence-corrected chi connectivity index (χ1v) is 11.9. The molecule has 1 atom stereocenters. The van der Waals surface area contributed by atoms with Gasteiger partial charge in [-0.05, 0) is 62.3 Å². The quantitative estimate of drug-likeness (QED) is 0.483. The molecule has 0 amide bonds. The predicted molar refractivity (Wildman–Crippen MR) is 129 cm³/mol. The van der Waals surface area contributed by atoms with Gasteiger partial charge in [-0.25, -0.2) is 4.98 Å². The van der Waals surface area contributed by atoms with E-state index >= 15 is 0 Å². The van der Waals surface area contributed by atoms with Crippen molar-refractivity contribution in [1.82, 2.24) is 25.4 Å². The Morgan fingerprint density at radius 1 is 1.12 bits per heavy atom. The third-order valence-electron chi connectivity index (χ3n) is 6.55. The number of guanidine groups is 1. The Morgan fingerprint density at radius 3 is 2.62 bits per heavy atom. The second-order valence-corrected chi connectivity index (χ2v) is 8.52. The van der Waals surface area contributed by atoms with Gasteiger partial charge in [-0.3, -0.25) is 9.89 Å². The topological polar surface area (TPSA) is 72.2 Å². The summed E-state index contributed by atoms with van der Waals surface area (Å²) >= 11 is 0. The molecule has 0 radical (unpaired) electrons. The first-order valence-electron chi connectivity index (χ1n) is 11.9. The molecule has 0 aliphatic carbocycles. The zero-order chi connectivity index (χ0) is 22.2. The lowest BCUT2D eigenvalue weighted by atomic mass is 10.2. The number of hydrogen-bond acceptors (Lipinski definition) is 6. The number of anilines is 1. The third kappa shape index (κ3) is 5.81. The van der Waals surface area contributed by atoms with Gasteiger partial charge in [0.15, 0.2) is 5.96 Å². The number of likely N-dealkylation sites (tertiary alicyclic amines) is 1. The van der Waals surface area contributed by atoms with Crippen LogP contribution in [0.3, 0.4) is 0 Å². The molecule has 0 bridgehead atoms. The summed E-state index contributed by atoms with van der Waals surface area (Å²) in [5.74, 6) is 2.88. The first-order chi connectivity index (χ1) is 15.8. The van der Waals surface area contributed by atoms with Crippen LogP contribution in [-0.4, -0.2) is 80.1 Å².